The van der Waals surface area contributed by atoms with Crippen molar-refractivity contribution >= 4 is 11.9 Å². The number of esters is 1. The lowest BCUT2D eigenvalue weighted by molar-refractivity contribution is -0.146. The maximum atomic E-state index is 11.7. The second-order valence-electron chi connectivity index (χ2n) is 4.17. The average molecular weight is 249 g/mol. The van der Waals surface area contributed by atoms with Gasteiger partial charge in [0.25, 0.3) is 0 Å². The molecule has 18 heavy (non-hydrogen) atoms. The molecule has 0 aromatic heterocycles. The molecule has 98 valence electrons. The summed E-state index contributed by atoms with van der Waals surface area (Å²) < 4.78 is 4.51. The summed E-state index contributed by atoms with van der Waals surface area (Å²) in [7, 11) is 2.93. The Balaban J connectivity index is 2.26. The molecule has 4 nitrogen and oxygen atoms in total. The summed E-state index contributed by atoms with van der Waals surface area (Å²) in [6.45, 7) is 0.0146. The Morgan fingerprint density at radius 3 is 2.50 bits per heavy atom. The van der Waals surface area contributed by atoms with Gasteiger partial charge in [0.15, 0.2) is 0 Å². The lowest BCUT2D eigenvalue weighted by Gasteiger charge is -2.15. The lowest BCUT2D eigenvalue weighted by atomic mass is 10.1. The molecule has 0 saturated heterocycles. The predicted octanol–water partition coefficient (Wildman–Crippen LogP) is 1.64. The first kappa shape index (κ1) is 14.2. The summed E-state index contributed by atoms with van der Waals surface area (Å²) in [6, 6.07) is 10.0. The molecule has 1 amide bonds. The van der Waals surface area contributed by atoms with Crippen molar-refractivity contribution in [2.75, 3.05) is 20.7 Å². The van der Waals surface area contributed by atoms with Gasteiger partial charge in [-0.1, -0.05) is 30.3 Å². The summed E-state index contributed by atoms with van der Waals surface area (Å²) >= 11 is 0. The van der Waals surface area contributed by atoms with E-state index in [-0.39, 0.29) is 12.5 Å². The number of likely N-dealkylation sites (N-methyl/N-ethyl adjacent to an activating group) is 1. The number of hydrogen-bond acceptors (Lipinski definition) is 3. The summed E-state index contributed by atoms with van der Waals surface area (Å²) in [5.74, 6) is -0.426. The molecule has 1 aromatic rings. The van der Waals surface area contributed by atoms with Crippen LogP contribution in [0.1, 0.15) is 18.4 Å². The third kappa shape index (κ3) is 4.99. The Kier molecular flexibility index (Phi) is 5.91. The molecule has 0 bridgehead atoms. The number of ether oxygens (including phenoxy) is 1. The van der Waals surface area contributed by atoms with Crippen molar-refractivity contribution in [3.8, 4) is 0 Å². The minimum atomic E-state index is -0.395. The molecule has 0 unspecified atom stereocenters. The van der Waals surface area contributed by atoms with Gasteiger partial charge in [0.2, 0.25) is 5.91 Å². The fraction of sp³-hybridized carbons (Fsp3) is 0.429. The molecule has 0 aliphatic carbocycles. The second kappa shape index (κ2) is 7.48. The SMILES string of the molecule is COC(=O)CN(C)C(=O)CCCc1ccccc1. The fourth-order valence-corrected chi connectivity index (χ4v) is 1.63. The molecule has 0 aliphatic rings. The number of nitrogens with zero attached hydrogens (tertiary/aromatic N) is 1. The first-order valence-corrected chi connectivity index (χ1v) is 5.98. The molecule has 0 N–H and O–H groups in total. The van der Waals surface area contributed by atoms with E-state index in [0.717, 1.165) is 12.8 Å². The maximum absolute atomic E-state index is 11.7. The summed E-state index contributed by atoms with van der Waals surface area (Å²) in [5.41, 5.74) is 1.22. The number of carbonyl (C=O) groups is 2. The van der Waals surface area contributed by atoms with Gasteiger partial charge in [-0.15, -0.1) is 0 Å². The fourth-order valence-electron chi connectivity index (χ4n) is 1.63. The number of rotatable bonds is 6. The molecule has 0 aliphatic heterocycles. The molecule has 0 radical (unpaired) electrons. The molecule has 1 aromatic carbocycles. The number of carbonyl (C=O) groups excluding carboxylic acids is 2. The zero-order chi connectivity index (χ0) is 13.4. The highest BCUT2D eigenvalue weighted by Gasteiger charge is 2.12. The van der Waals surface area contributed by atoms with E-state index < -0.39 is 5.97 Å². The maximum Gasteiger partial charge on any atom is 0.325 e. The third-order valence-corrected chi connectivity index (χ3v) is 2.72. The van der Waals surface area contributed by atoms with Gasteiger partial charge in [0.1, 0.15) is 6.54 Å². The van der Waals surface area contributed by atoms with Crippen LogP contribution in [0.15, 0.2) is 30.3 Å². The smallest absolute Gasteiger partial charge is 0.325 e. The number of hydrogen-bond donors (Lipinski definition) is 0. The Morgan fingerprint density at radius 1 is 1.22 bits per heavy atom. The minimum Gasteiger partial charge on any atom is -0.468 e. The largest absolute Gasteiger partial charge is 0.468 e. The Labute approximate surface area is 108 Å². The van der Waals surface area contributed by atoms with Crippen molar-refractivity contribution in [2.45, 2.75) is 19.3 Å². The molecule has 0 spiro atoms. The van der Waals surface area contributed by atoms with Gasteiger partial charge in [-0.25, -0.2) is 0 Å². The molecule has 4 heteroatoms. The van der Waals surface area contributed by atoms with E-state index in [2.05, 4.69) is 4.74 Å². The van der Waals surface area contributed by atoms with E-state index in [0.29, 0.717) is 6.42 Å². The van der Waals surface area contributed by atoms with Crippen LogP contribution < -0.4 is 0 Å². The van der Waals surface area contributed by atoms with Crippen LogP contribution in [0.25, 0.3) is 0 Å². The van der Waals surface area contributed by atoms with E-state index in [9.17, 15) is 9.59 Å². The van der Waals surface area contributed by atoms with E-state index in [1.165, 1.54) is 17.6 Å². The second-order valence-corrected chi connectivity index (χ2v) is 4.17. The highest BCUT2D eigenvalue weighted by atomic mass is 16.5. The molecular formula is C14H19NO3. The van der Waals surface area contributed by atoms with E-state index in [1.807, 2.05) is 30.3 Å². The van der Waals surface area contributed by atoms with Gasteiger partial charge >= 0.3 is 5.97 Å². The van der Waals surface area contributed by atoms with Crippen LogP contribution >= 0.6 is 0 Å². The zero-order valence-corrected chi connectivity index (χ0v) is 10.9. The van der Waals surface area contributed by atoms with Crippen molar-refractivity contribution < 1.29 is 14.3 Å². The molecular weight excluding hydrogens is 230 g/mol. The lowest BCUT2D eigenvalue weighted by Crippen LogP contribution is -2.32. The van der Waals surface area contributed by atoms with Crippen LogP contribution in [0.2, 0.25) is 0 Å². The number of aryl methyl sites for hydroxylation is 1. The van der Waals surface area contributed by atoms with Crippen LogP contribution in [0.5, 0.6) is 0 Å². The summed E-state index contributed by atoms with van der Waals surface area (Å²) in [4.78, 5) is 24.1. The quantitative estimate of drug-likeness (QED) is 0.720. The van der Waals surface area contributed by atoms with Crippen molar-refractivity contribution in [3.63, 3.8) is 0 Å². The van der Waals surface area contributed by atoms with E-state index >= 15 is 0 Å². The first-order chi connectivity index (χ1) is 8.63. The van der Waals surface area contributed by atoms with E-state index in [1.54, 1.807) is 7.05 Å². The molecule has 0 saturated carbocycles. The van der Waals surface area contributed by atoms with Gasteiger partial charge in [0.05, 0.1) is 7.11 Å². The highest BCUT2D eigenvalue weighted by Crippen LogP contribution is 2.05. The van der Waals surface area contributed by atoms with Crippen molar-refractivity contribution in [3.05, 3.63) is 35.9 Å². The molecule has 1 rings (SSSR count). The van der Waals surface area contributed by atoms with Crippen LogP contribution in [0.4, 0.5) is 0 Å². The predicted molar refractivity (Wildman–Crippen MR) is 69.0 cm³/mol. The van der Waals surface area contributed by atoms with Crippen LogP contribution in [-0.2, 0) is 20.7 Å². The molecule has 0 fully saturated rings. The molecule has 0 atom stereocenters. The topological polar surface area (TPSA) is 46.6 Å². The number of amides is 1. The van der Waals surface area contributed by atoms with Crippen LogP contribution in [0, 0.1) is 0 Å². The van der Waals surface area contributed by atoms with Crippen LogP contribution in [-0.4, -0.2) is 37.5 Å². The van der Waals surface area contributed by atoms with Gasteiger partial charge in [0, 0.05) is 13.5 Å². The number of benzene rings is 1. The van der Waals surface area contributed by atoms with E-state index in [4.69, 9.17) is 0 Å². The van der Waals surface area contributed by atoms with Crippen molar-refractivity contribution in [1.29, 1.82) is 0 Å². The van der Waals surface area contributed by atoms with Gasteiger partial charge in [-0.05, 0) is 18.4 Å². The van der Waals surface area contributed by atoms with Crippen molar-refractivity contribution in [2.24, 2.45) is 0 Å². The Morgan fingerprint density at radius 2 is 1.89 bits per heavy atom. The first-order valence-electron chi connectivity index (χ1n) is 5.98. The summed E-state index contributed by atoms with van der Waals surface area (Å²) in [6.07, 6.45) is 2.11. The van der Waals surface area contributed by atoms with Gasteiger partial charge in [-0.3, -0.25) is 9.59 Å². The summed E-state index contributed by atoms with van der Waals surface area (Å²) in [5, 5.41) is 0. The minimum absolute atomic E-state index is 0.0146. The molecule has 0 heterocycles. The number of methoxy groups -OCH3 is 1. The standard InChI is InChI=1S/C14H19NO3/c1-15(11-14(17)18-2)13(16)10-6-9-12-7-4-3-5-8-12/h3-5,7-8H,6,9-11H2,1-2H3. The van der Waals surface area contributed by atoms with Gasteiger partial charge < -0.3 is 9.64 Å². The average Bonchev–Trinajstić information content (AvgIpc) is 2.39. The Hall–Kier alpha value is -1.84. The Bertz CT molecular complexity index is 389. The van der Waals surface area contributed by atoms with Crippen LogP contribution in [0.3, 0.4) is 0 Å². The zero-order valence-electron chi connectivity index (χ0n) is 10.9. The van der Waals surface area contributed by atoms with Crippen molar-refractivity contribution in [1.82, 2.24) is 4.90 Å². The normalized spacial score (nSPS) is 9.89. The monoisotopic (exact) mass is 249 g/mol. The van der Waals surface area contributed by atoms with Gasteiger partial charge in [-0.2, -0.15) is 0 Å². The highest BCUT2D eigenvalue weighted by molar-refractivity contribution is 5.81. The third-order valence-electron chi connectivity index (χ3n) is 2.72.